The molecule has 0 radical (unpaired) electrons. The van der Waals surface area contributed by atoms with Gasteiger partial charge in [0.2, 0.25) is 0 Å². The van der Waals surface area contributed by atoms with Crippen LogP contribution in [0.3, 0.4) is 0 Å². The Labute approximate surface area is 89.8 Å². The minimum atomic E-state index is -0.546. The fourth-order valence-corrected chi connectivity index (χ4v) is 2.06. The second-order valence-electron chi connectivity index (χ2n) is 2.32. The van der Waals surface area contributed by atoms with Crippen molar-refractivity contribution >= 4 is 33.9 Å². The minimum Gasteiger partial charge on any atom is -0.462 e. The highest BCUT2D eigenvalue weighted by Crippen LogP contribution is 2.34. The summed E-state index contributed by atoms with van der Waals surface area (Å²) in [4.78, 5) is 11.5. The zero-order valence-electron chi connectivity index (χ0n) is 7.33. The molecular weight excluding hydrogens is 224 g/mol. The molecule has 1 rings (SSSR count). The van der Waals surface area contributed by atoms with Crippen LogP contribution in [0.15, 0.2) is 0 Å². The maximum absolute atomic E-state index is 11.3. The third kappa shape index (κ3) is 1.81. The van der Waals surface area contributed by atoms with Crippen LogP contribution < -0.4 is 5.73 Å². The number of nitrogen functional groups attached to an aromatic ring is 1. The van der Waals surface area contributed by atoms with Crippen LogP contribution in [0.2, 0.25) is 5.02 Å². The second-order valence-corrected chi connectivity index (χ2v) is 3.75. The highest BCUT2D eigenvalue weighted by molar-refractivity contribution is 7.18. The smallest absolute Gasteiger partial charge is 0.349 e. The standard InChI is InChI=1S/C8H7ClN2O2S/c1-2-13-8(12)6-5(9)4(3-10)7(11)14-6/h2,11H2,1H3. The lowest BCUT2D eigenvalue weighted by Gasteiger charge is -1.97. The molecule has 0 atom stereocenters. The first-order valence-corrected chi connectivity index (χ1v) is 4.96. The third-order valence-electron chi connectivity index (χ3n) is 1.45. The lowest BCUT2D eigenvalue weighted by molar-refractivity contribution is 0.0532. The number of hydrogen-bond donors (Lipinski definition) is 1. The Morgan fingerprint density at radius 2 is 2.43 bits per heavy atom. The fourth-order valence-electron chi connectivity index (χ4n) is 0.860. The molecule has 0 fully saturated rings. The molecule has 2 N–H and O–H groups in total. The summed E-state index contributed by atoms with van der Waals surface area (Å²) >= 11 is 6.73. The van der Waals surface area contributed by atoms with Gasteiger partial charge in [0.05, 0.1) is 11.6 Å². The molecule has 0 saturated carbocycles. The van der Waals surface area contributed by atoms with Crippen LogP contribution in [0.4, 0.5) is 5.00 Å². The summed E-state index contributed by atoms with van der Waals surface area (Å²) in [6.45, 7) is 1.95. The molecule has 14 heavy (non-hydrogen) atoms. The summed E-state index contributed by atoms with van der Waals surface area (Å²) in [7, 11) is 0. The first kappa shape index (κ1) is 10.8. The molecule has 0 saturated heterocycles. The van der Waals surface area contributed by atoms with Crippen LogP contribution in [-0.2, 0) is 4.74 Å². The topological polar surface area (TPSA) is 76.1 Å². The molecule has 0 amide bonds. The van der Waals surface area contributed by atoms with Gasteiger partial charge in [-0.3, -0.25) is 0 Å². The van der Waals surface area contributed by atoms with Gasteiger partial charge in [0.25, 0.3) is 0 Å². The first-order valence-electron chi connectivity index (χ1n) is 3.76. The van der Waals surface area contributed by atoms with E-state index in [1.807, 2.05) is 6.07 Å². The number of nitriles is 1. The number of esters is 1. The molecule has 0 spiro atoms. The van der Waals surface area contributed by atoms with Crippen LogP contribution in [0.1, 0.15) is 22.2 Å². The van der Waals surface area contributed by atoms with Gasteiger partial charge in [-0.05, 0) is 6.92 Å². The number of thiophene rings is 1. The molecule has 0 aliphatic carbocycles. The van der Waals surface area contributed by atoms with Crippen molar-refractivity contribution in [1.29, 1.82) is 5.26 Å². The molecule has 0 aliphatic rings. The third-order valence-corrected chi connectivity index (χ3v) is 2.94. The highest BCUT2D eigenvalue weighted by Gasteiger charge is 2.20. The quantitative estimate of drug-likeness (QED) is 0.789. The van der Waals surface area contributed by atoms with E-state index in [2.05, 4.69) is 0 Å². The van der Waals surface area contributed by atoms with Crippen molar-refractivity contribution in [2.45, 2.75) is 6.92 Å². The molecular formula is C8H7ClN2O2S. The van der Waals surface area contributed by atoms with Gasteiger partial charge in [0.15, 0.2) is 0 Å². The van der Waals surface area contributed by atoms with Gasteiger partial charge in [-0.2, -0.15) is 5.26 Å². The molecule has 0 bridgehead atoms. The Morgan fingerprint density at radius 1 is 1.79 bits per heavy atom. The predicted molar refractivity (Wildman–Crippen MR) is 54.4 cm³/mol. The van der Waals surface area contributed by atoms with Gasteiger partial charge in [0, 0.05) is 0 Å². The molecule has 1 aromatic heterocycles. The number of hydrogen-bond acceptors (Lipinski definition) is 5. The normalized spacial score (nSPS) is 9.50. The number of nitrogens with two attached hydrogens (primary N) is 1. The van der Waals surface area contributed by atoms with Crippen molar-refractivity contribution < 1.29 is 9.53 Å². The summed E-state index contributed by atoms with van der Waals surface area (Å²) in [6.07, 6.45) is 0. The first-order chi connectivity index (χ1) is 6.61. The van der Waals surface area contributed by atoms with E-state index in [9.17, 15) is 4.79 Å². The van der Waals surface area contributed by atoms with Crippen molar-refractivity contribution in [3.8, 4) is 6.07 Å². The van der Waals surface area contributed by atoms with E-state index < -0.39 is 5.97 Å². The number of nitrogens with zero attached hydrogens (tertiary/aromatic N) is 1. The van der Waals surface area contributed by atoms with Gasteiger partial charge in [-0.15, -0.1) is 11.3 Å². The Bertz CT molecular complexity index is 408. The van der Waals surface area contributed by atoms with Crippen molar-refractivity contribution in [2.24, 2.45) is 0 Å². The van der Waals surface area contributed by atoms with Crippen LogP contribution in [-0.4, -0.2) is 12.6 Å². The van der Waals surface area contributed by atoms with Crippen molar-refractivity contribution in [3.63, 3.8) is 0 Å². The molecule has 4 nitrogen and oxygen atoms in total. The average molecular weight is 231 g/mol. The summed E-state index contributed by atoms with van der Waals surface area (Å²) in [5.41, 5.74) is 5.63. The van der Waals surface area contributed by atoms with E-state index in [1.165, 1.54) is 0 Å². The number of halogens is 1. The number of anilines is 1. The van der Waals surface area contributed by atoms with Crippen molar-refractivity contribution in [3.05, 3.63) is 15.5 Å². The van der Waals surface area contributed by atoms with E-state index in [0.717, 1.165) is 11.3 Å². The van der Waals surface area contributed by atoms with Crippen molar-refractivity contribution in [1.82, 2.24) is 0 Å². The van der Waals surface area contributed by atoms with E-state index in [-0.39, 0.29) is 27.1 Å². The van der Waals surface area contributed by atoms with E-state index in [4.69, 9.17) is 27.3 Å². The lowest BCUT2D eigenvalue weighted by Crippen LogP contribution is -2.02. The zero-order valence-corrected chi connectivity index (χ0v) is 8.91. The summed E-state index contributed by atoms with van der Waals surface area (Å²) < 4.78 is 4.74. The van der Waals surface area contributed by atoms with Crippen LogP contribution in [0.25, 0.3) is 0 Å². The maximum Gasteiger partial charge on any atom is 0.349 e. The Morgan fingerprint density at radius 3 is 2.86 bits per heavy atom. The molecule has 1 heterocycles. The number of carbonyl (C=O) groups is 1. The molecule has 1 aromatic rings. The molecule has 0 aliphatic heterocycles. The van der Waals surface area contributed by atoms with Crippen LogP contribution in [0.5, 0.6) is 0 Å². The van der Waals surface area contributed by atoms with E-state index >= 15 is 0 Å². The Balaban J connectivity index is 3.13. The maximum atomic E-state index is 11.3. The van der Waals surface area contributed by atoms with E-state index in [0.29, 0.717) is 0 Å². The Hall–Kier alpha value is -1.25. The monoisotopic (exact) mass is 230 g/mol. The number of carbonyl (C=O) groups excluding carboxylic acids is 1. The highest BCUT2D eigenvalue weighted by atomic mass is 35.5. The second kappa shape index (κ2) is 4.31. The van der Waals surface area contributed by atoms with Gasteiger partial charge in [0.1, 0.15) is 21.5 Å². The minimum absolute atomic E-state index is 0.0773. The fraction of sp³-hybridized carbons (Fsp3) is 0.250. The summed E-state index contributed by atoms with van der Waals surface area (Å²) in [5, 5.41) is 8.98. The van der Waals surface area contributed by atoms with Crippen LogP contribution >= 0.6 is 22.9 Å². The SMILES string of the molecule is CCOC(=O)c1sc(N)c(C#N)c1Cl. The molecule has 6 heteroatoms. The van der Waals surface area contributed by atoms with Crippen LogP contribution in [0, 0.1) is 11.3 Å². The van der Waals surface area contributed by atoms with Gasteiger partial charge >= 0.3 is 5.97 Å². The largest absolute Gasteiger partial charge is 0.462 e. The number of ether oxygens (including phenoxy) is 1. The van der Waals surface area contributed by atoms with Crippen molar-refractivity contribution in [2.75, 3.05) is 12.3 Å². The Kier molecular flexibility index (Phi) is 3.33. The number of rotatable bonds is 2. The zero-order chi connectivity index (χ0) is 10.7. The molecule has 74 valence electrons. The lowest BCUT2D eigenvalue weighted by atomic mass is 10.3. The summed E-state index contributed by atoms with van der Waals surface area (Å²) in [6, 6.07) is 1.83. The van der Waals surface area contributed by atoms with Gasteiger partial charge < -0.3 is 10.5 Å². The van der Waals surface area contributed by atoms with Gasteiger partial charge in [-0.1, -0.05) is 11.6 Å². The molecule has 0 unspecified atom stereocenters. The average Bonchev–Trinajstić information content (AvgIpc) is 2.42. The predicted octanol–water partition coefficient (Wildman–Crippen LogP) is 2.03. The molecule has 0 aromatic carbocycles. The summed E-state index contributed by atoms with van der Waals surface area (Å²) in [5.74, 6) is -0.546. The van der Waals surface area contributed by atoms with Gasteiger partial charge in [-0.25, -0.2) is 4.79 Å². The van der Waals surface area contributed by atoms with E-state index in [1.54, 1.807) is 6.92 Å².